The summed E-state index contributed by atoms with van der Waals surface area (Å²) in [5, 5.41) is 6.38. The van der Waals surface area contributed by atoms with Crippen LogP contribution in [-0.4, -0.2) is 70.2 Å². The average molecular weight is 400 g/mol. The van der Waals surface area contributed by atoms with Crippen molar-refractivity contribution in [2.75, 3.05) is 46.6 Å². The second-order valence-electron chi connectivity index (χ2n) is 6.52. The van der Waals surface area contributed by atoms with E-state index in [1.54, 1.807) is 6.07 Å². The first-order valence-electron chi connectivity index (χ1n) is 9.24. The van der Waals surface area contributed by atoms with Crippen LogP contribution < -0.4 is 24.8 Å². The van der Waals surface area contributed by atoms with Crippen molar-refractivity contribution in [3.63, 3.8) is 0 Å². The number of aliphatic imine (C=N–C) groups is 1. The van der Waals surface area contributed by atoms with E-state index in [1.807, 2.05) is 6.92 Å². The third-order valence-corrected chi connectivity index (χ3v) is 4.36. The average Bonchev–Trinajstić information content (AvgIpc) is 3.10. The number of ether oxygens (including phenoxy) is 4. The second kappa shape index (κ2) is 9.74. The second-order valence-corrected chi connectivity index (χ2v) is 6.52. The molecule has 0 radical (unpaired) electrons. The standard InChI is InChI=1S/C18H26F2N4O4/c1-3-21-18(23-9-13-10-24(2)4-5-25-13)22-8-12-6-15-16(27-11-26-15)7-14(12)28-17(19)20/h6-7,13,17H,3-5,8-11H2,1-2H3,(H2,21,22,23). The number of hydrogen-bond donors (Lipinski definition) is 2. The molecule has 1 aromatic carbocycles. The molecule has 8 nitrogen and oxygen atoms in total. The summed E-state index contributed by atoms with van der Waals surface area (Å²) >= 11 is 0. The molecule has 2 heterocycles. The highest BCUT2D eigenvalue weighted by Crippen LogP contribution is 2.39. The smallest absolute Gasteiger partial charge is 0.387 e. The van der Waals surface area contributed by atoms with Crippen LogP contribution in [0.4, 0.5) is 8.78 Å². The van der Waals surface area contributed by atoms with Gasteiger partial charge in [-0.1, -0.05) is 0 Å². The predicted molar refractivity (Wildman–Crippen MR) is 99.3 cm³/mol. The SMILES string of the molecule is CCNC(=NCc1cc2c(cc1OC(F)F)OCO2)NCC1CN(C)CCO1. The molecule has 1 aromatic rings. The quantitative estimate of drug-likeness (QED) is 0.529. The molecule has 1 fully saturated rings. The highest BCUT2D eigenvalue weighted by Gasteiger charge is 2.21. The number of halogens is 2. The van der Waals surface area contributed by atoms with Crippen molar-refractivity contribution in [1.82, 2.24) is 15.5 Å². The van der Waals surface area contributed by atoms with Gasteiger partial charge in [0.1, 0.15) is 5.75 Å². The third-order valence-electron chi connectivity index (χ3n) is 4.36. The number of hydrogen-bond acceptors (Lipinski definition) is 6. The van der Waals surface area contributed by atoms with Crippen molar-refractivity contribution in [1.29, 1.82) is 0 Å². The first-order chi connectivity index (χ1) is 13.5. The van der Waals surface area contributed by atoms with E-state index in [1.165, 1.54) is 6.07 Å². The number of rotatable bonds is 7. The lowest BCUT2D eigenvalue weighted by Gasteiger charge is -2.30. The summed E-state index contributed by atoms with van der Waals surface area (Å²) in [6, 6.07) is 3.03. The van der Waals surface area contributed by atoms with Gasteiger partial charge < -0.3 is 34.5 Å². The van der Waals surface area contributed by atoms with Gasteiger partial charge in [-0.25, -0.2) is 4.99 Å². The van der Waals surface area contributed by atoms with Gasteiger partial charge in [-0.3, -0.25) is 0 Å². The van der Waals surface area contributed by atoms with Crippen LogP contribution in [0.15, 0.2) is 17.1 Å². The van der Waals surface area contributed by atoms with Crippen molar-refractivity contribution in [2.45, 2.75) is 26.2 Å². The zero-order chi connectivity index (χ0) is 19.9. The fourth-order valence-electron chi connectivity index (χ4n) is 3.00. The highest BCUT2D eigenvalue weighted by molar-refractivity contribution is 5.79. The van der Waals surface area contributed by atoms with E-state index in [9.17, 15) is 8.78 Å². The van der Waals surface area contributed by atoms with Gasteiger partial charge in [0.15, 0.2) is 17.5 Å². The van der Waals surface area contributed by atoms with Crippen LogP contribution in [0.1, 0.15) is 12.5 Å². The summed E-state index contributed by atoms with van der Waals surface area (Å²) in [4.78, 5) is 6.69. The van der Waals surface area contributed by atoms with Gasteiger partial charge in [-0.05, 0) is 20.0 Å². The molecular weight excluding hydrogens is 374 g/mol. The van der Waals surface area contributed by atoms with Crippen molar-refractivity contribution in [2.24, 2.45) is 4.99 Å². The Morgan fingerprint density at radius 3 is 2.82 bits per heavy atom. The molecule has 156 valence electrons. The van der Waals surface area contributed by atoms with Crippen LogP contribution in [0.5, 0.6) is 17.2 Å². The summed E-state index contributed by atoms with van der Waals surface area (Å²) in [5.41, 5.74) is 0.482. The van der Waals surface area contributed by atoms with Crippen LogP contribution in [-0.2, 0) is 11.3 Å². The Bertz CT molecular complexity index is 690. The Morgan fingerprint density at radius 2 is 2.11 bits per heavy atom. The number of fused-ring (bicyclic) bond motifs is 1. The number of guanidine groups is 1. The first-order valence-corrected chi connectivity index (χ1v) is 9.24. The predicted octanol–water partition coefficient (Wildman–Crippen LogP) is 1.40. The molecule has 3 rings (SSSR count). The lowest BCUT2D eigenvalue weighted by molar-refractivity contribution is -0.0505. The molecule has 0 spiro atoms. The van der Waals surface area contributed by atoms with Gasteiger partial charge in [-0.2, -0.15) is 8.78 Å². The topological polar surface area (TPSA) is 76.6 Å². The van der Waals surface area contributed by atoms with Gasteiger partial charge >= 0.3 is 6.61 Å². The molecule has 0 saturated carbocycles. The van der Waals surface area contributed by atoms with Crippen LogP contribution >= 0.6 is 0 Å². The number of alkyl halides is 2. The van der Waals surface area contributed by atoms with Gasteiger partial charge in [-0.15, -0.1) is 0 Å². The normalized spacial score (nSPS) is 19.8. The van der Waals surface area contributed by atoms with Gasteiger partial charge in [0, 0.05) is 37.8 Å². The molecule has 2 aliphatic heterocycles. The maximum atomic E-state index is 12.8. The lowest BCUT2D eigenvalue weighted by Crippen LogP contribution is -2.48. The Labute approximate surface area is 162 Å². The van der Waals surface area contributed by atoms with Gasteiger partial charge in [0.25, 0.3) is 0 Å². The minimum atomic E-state index is -2.94. The summed E-state index contributed by atoms with van der Waals surface area (Å²) in [6.07, 6.45) is 0.0610. The van der Waals surface area contributed by atoms with Crippen LogP contribution in [0, 0.1) is 0 Å². The van der Waals surface area contributed by atoms with E-state index < -0.39 is 6.61 Å². The summed E-state index contributed by atoms with van der Waals surface area (Å²) < 4.78 is 46.4. The Balaban J connectivity index is 1.67. The molecule has 0 aromatic heterocycles. The maximum Gasteiger partial charge on any atom is 0.387 e. The summed E-state index contributed by atoms with van der Waals surface area (Å²) in [6.45, 7) is 2.92. The molecule has 2 N–H and O–H groups in total. The minimum absolute atomic E-state index is 0.0242. The van der Waals surface area contributed by atoms with E-state index in [-0.39, 0.29) is 25.2 Å². The summed E-state index contributed by atoms with van der Waals surface area (Å²) in [7, 11) is 2.05. The number of benzene rings is 1. The molecular formula is C18H26F2N4O4. The van der Waals surface area contributed by atoms with Crippen LogP contribution in [0.2, 0.25) is 0 Å². The summed E-state index contributed by atoms with van der Waals surface area (Å²) in [5.74, 6) is 1.46. The molecule has 0 amide bonds. The van der Waals surface area contributed by atoms with E-state index in [0.29, 0.717) is 42.7 Å². The fraction of sp³-hybridized carbons (Fsp3) is 0.611. The zero-order valence-electron chi connectivity index (χ0n) is 16.0. The number of morpholine rings is 1. The van der Waals surface area contributed by atoms with E-state index in [0.717, 1.165) is 13.1 Å². The lowest BCUT2D eigenvalue weighted by atomic mass is 10.1. The van der Waals surface area contributed by atoms with E-state index >= 15 is 0 Å². The van der Waals surface area contributed by atoms with E-state index in [4.69, 9.17) is 14.2 Å². The molecule has 28 heavy (non-hydrogen) atoms. The van der Waals surface area contributed by atoms with Crippen LogP contribution in [0.3, 0.4) is 0 Å². The Hall–Kier alpha value is -2.33. The van der Waals surface area contributed by atoms with Crippen LogP contribution in [0.25, 0.3) is 0 Å². The Morgan fingerprint density at radius 1 is 1.32 bits per heavy atom. The monoisotopic (exact) mass is 400 g/mol. The number of nitrogens with zero attached hydrogens (tertiary/aromatic N) is 2. The van der Waals surface area contributed by atoms with Crippen molar-refractivity contribution >= 4 is 5.96 Å². The zero-order valence-corrected chi connectivity index (χ0v) is 16.0. The first kappa shape index (κ1) is 20.4. The number of nitrogens with one attached hydrogen (secondary N) is 2. The molecule has 0 aliphatic carbocycles. The largest absolute Gasteiger partial charge is 0.454 e. The molecule has 1 saturated heterocycles. The Kier molecular flexibility index (Phi) is 7.10. The van der Waals surface area contributed by atoms with Gasteiger partial charge in [0.05, 0.1) is 19.3 Å². The van der Waals surface area contributed by atoms with E-state index in [2.05, 4.69) is 32.3 Å². The van der Waals surface area contributed by atoms with Crippen molar-refractivity contribution in [3.05, 3.63) is 17.7 Å². The van der Waals surface area contributed by atoms with Crippen molar-refractivity contribution in [3.8, 4) is 17.2 Å². The molecule has 2 aliphatic rings. The third kappa shape index (κ3) is 5.59. The molecule has 1 atom stereocenters. The highest BCUT2D eigenvalue weighted by atomic mass is 19.3. The maximum absolute atomic E-state index is 12.8. The van der Waals surface area contributed by atoms with Crippen molar-refractivity contribution < 1.29 is 27.7 Å². The fourth-order valence-corrected chi connectivity index (χ4v) is 3.00. The van der Waals surface area contributed by atoms with Gasteiger partial charge in [0.2, 0.25) is 6.79 Å². The number of likely N-dealkylation sites (N-methyl/N-ethyl adjacent to an activating group) is 1. The molecule has 1 unspecified atom stereocenters. The molecule has 10 heteroatoms. The minimum Gasteiger partial charge on any atom is -0.454 e. The molecule has 0 bridgehead atoms.